The van der Waals surface area contributed by atoms with E-state index in [0.29, 0.717) is 5.56 Å². The van der Waals surface area contributed by atoms with Crippen LogP contribution in [0.2, 0.25) is 0 Å². The predicted molar refractivity (Wildman–Crippen MR) is 104 cm³/mol. The largest absolute Gasteiger partial charge is 0.361 e. The highest BCUT2D eigenvalue weighted by Crippen LogP contribution is 2.27. The molecule has 5 nitrogen and oxygen atoms in total. The van der Waals surface area contributed by atoms with Gasteiger partial charge in [-0.1, -0.05) is 6.07 Å². The zero-order valence-corrected chi connectivity index (χ0v) is 13.8. The first-order valence-corrected chi connectivity index (χ1v) is 8.15. The molecular weight excluding hydrogens is 322 g/mol. The minimum Gasteiger partial charge on any atom is -0.361 e. The lowest BCUT2D eigenvalue weighted by molar-refractivity contribution is 1.28. The van der Waals surface area contributed by atoms with Gasteiger partial charge >= 0.3 is 0 Å². The second kappa shape index (κ2) is 6.91. The van der Waals surface area contributed by atoms with Crippen molar-refractivity contribution in [2.45, 2.75) is 0 Å². The number of pyridine rings is 2. The van der Waals surface area contributed by atoms with Gasteiger partial charge in [-0.05, 0) is 48.6 Å². The van der Waals surface area contributed by atoms with E-state index in [0.717, 1.165) is 33.5 Å². The lowest BCUT2D eigenvalue weighted by Gasteiger charge is -2.11. The van der Waals surface area contributed by atoms with E-state index in [2.05, 4.69) is 26.3 Å². The van der Waals surface area contributed by atoms with Crippen LogP contribution in [-0.2, 0) is 0 Å². The Balaban J connectivity index is 1.72. The summed E-state index contributed by atoms with van der Waals surface area (Å²) >= 11 is 0. The van der Waals surface area contributed by atoms with Crippen LogP contribution in [0.4, 0.5) is 11.4 Å². The summed E-state index contributed by atoms with van der Waals surface area (Å²) in [6.07, 6.45) is 10.8. The van der Waals surface area contributed by atoms with Crippen molar-refractivity contribution in [3.05, 3.63) is 84.1 Å². The van der Waals surface area contributed by atoms with Crippen molar-refractivity contribution in [2.75, 3.05) is 5.32 Å². The minimum atomic E-state index is 0.488. The zero-order chi connectivity index (χ0) is 17.8. The summed E-state index contributed by atoms with van der Waals surface area (Å²) in [6.45, 7) is 0. The fraction of sp³-hybridized carbons (Fsp3) is 0. The minimum absolute atomic E-state index is 0.488. The van der Waals surface area contributed by atoms with Gasteiger partial charge in [0, 0.05) is 46.9 Å². The van der Waals surface area contributed by atoms with E-state index in [1.54, 1.807) is 18.6 Å². The van der Waals surface area contributed by atoms with Gasteiger partial charge in [0.05, 0.1) is 16.9 Å². The third-order valence-electron chi connectivity index (χ3n) is 4.04. The number of nitrogens with one attached hydrogen (secondary N) is 2. The SMILES string of the molecule is N#Cc1cncc(/C=C/c2ccccn2)c1Nc1ccc2[nH]ccc2c1. The molecule has 0 fully saturated rings. The maximum absolute atomic E-state index is 9.47. The summed E-state index contributed by atoms with van der Waals surface area (Å²) in [6, 6.07) is 16.0. The fourth-order valence-corrected chi connectivity index (χ4v) is 2.75. The van der Waals surface area contributed by atoms with Crippen molar-refractivity contribution < 1.29 is 0 Å². The van der Waals surface area contributed by atoms with E-state index in [9.17, 15) is 5.26 Å². The molecule has 5 heteroatoms. The topological polar surface area (TPSA) is 77.4 Å². The molecular formula is C21H15N5. The molecule has 0 saturated carbocycles. The van der Waals surface area contributed by atoms with Crippen LogP contribution in [0.15, 0.2) is 67.3 Å². The van der Waals surface area contributed by atoms with Gasteiger partial charge in [-0.2, -0.15) is 5.26 Å². The quantitative estimate of drug-likeness (QED) is 0.563. The number of aromatic nitrogens is 3. The highest BCUT2D eigenvalue weighted by Gasteiger charge is 2.08. The number of hydrogen-bond acceptors (Lipinski definition) is 4. The van der Waals surface area contributed by atoms with E-state index < -0.39 is 0 Å². The summed E-state index contributed by atoms with van der Waals surface area (Å²) < 4.78 is 0. The molecule has 2 N–H and O–H groups in total. The molecule has 0 spiro atoms. The molecule has 3 aromatic heterocycles. The molecule has 0 aliphatic carbocycles. The van der Waals surface area contributed by atoms with Crippen molar-refractivity contribution in [3.63, 3.8) is 0 Å². The average molecular weight is 337 g/mol. The first kappa shape index (κ1) is 15.6. The van der Waals surface area contributed by atoms with Crippen LogP contribution in [0.3, 0.4) is 0 Å². The highest BCUT2D eigenvalue weighted by atomic mass is 14.9. The summed E-state index contributed by atoms with van der Waals surface area (Å²) in [5.74, 6) is 0. The summed E-state index contributed by atoms with van der Waals surface area (Å²) in [4.78, 5) is 11.6. The third kappa shape index (κ3) is 3.17. The number of aromatic amines is 1. The molecule has 0 aliphatic heterocycles. The third-order valence-corrected chi connectivity index (χ3v) is 4.04. The van der Waals surface area contributed by atoms with Gasteiger partial charge in [-0.25, -0.2) is 0 Å². The van der Waals surface area contributed by atoms with Gasteiger partial charge in [0.2, 0.25) is 0 Å². The molecule has 0 aliphatic rings. The summed E-state index contributed by atoms with van der Waals surface area (Å²) in [5.41, 5.74) is 4.86. The van der Waals surface area contributed by atoms with Crippen LogP contribution in [-0.4, -0.2) is 15.0 Å². The Kier molecular flexibility index (Phi) is 4.15. The Morgan fingerprint density at radius 2 is 2.04 bits per heavy atom. The number of hydrogen-bond donors (Lipinski definition) is 2. The first-order valence-electron chi connectivity index (χ1n) is 8.15. The Morgan fingerprint density at radius 3 is 2.88 bits per heavy atom. The van der Waals surface area contributed by atoms with Crippen LogP contribution in [0.25, 0.3) is 23.1 Å². The van der Waals surface area contributed by atoms with Crippen molar-refractivity contribution in [1.29, 1.82) is 5.26 Å². The number of anilines is 2. The Labute approximate surface area is 150 Å². The maximum atomic E-state index is 9.47. The molecule has 26 heavy (non-hydrogen) atoms. The van der Waals surface area contributed by atoms with E-state index in [1.165, 1.54) is 0 Å². The number of H-pyrrole nitrogens is 1. The molecule has 0 amide bonds. The second-order valence-corrected chi connectivity index (χ2v) is 5.76. The van der Waals surface area contributed by atoms with Crippen LogP contribution < -0.4 is 5.32 Å². The summed E-state index contributed by atoms with van der Waals surface area (Å²) in [5, 5.41) is 13.9. The zero-order valence-electron chi connectivity index (χ0n) is 13.8. The molecule has 0 radical (unpaired) electrons. The lowest BCUT2D eigenvalue weighted by Crippen LogP contribution is -1.97. The van der Waals surface area contributed by atoms with Gasteiger partial charge in [0.15, 0.2) is 0 Å². The molecule has 124 valence electrons. The molecule has 0 bridgehead atoms. The fourth-order valence-electron chi connectivity index (χ4n) is 2.75. The van der Waals surface area contributed by atoms with Crippen LogP contribution >= 0.6 is 0 Å². The monoisotopic (exact) mass is 337 g/mol. The van der Waals surface area contributed by atoms with E-state index >= 15 is 0 Å². The lowest BCUT2D eigenvalue weighted by atomic mass is 10.1. The molecule has 0 unspecified atom stereocenters. The molecule has 4 rings (SSSR count). The van der Waals surface area contributed by atoms with E-state index in [1.807, 2.05) is 60.8 Å². The Hall–Kier alpha value is -3.91. The van der Waals surface area contributed by atoms with Gasteiger partial charge in [-0.15, -0.1) is 0 Å². The molecule has 0 atom stereocenters. The Bertz CT molecular complexity index is 1120. The molecule has 1 aromatic carbocycles. The number of benzene rings is 1. The first-order chi connectivity index (χ1) is 12.8. The van der Waals surface area contributed by atoms with Crippen molar-refractivity contribution in [2.24, 2.45) is 0 Å². The van der Waals surface area contributed by atoms with Crippen LogP contribution in [0.5, 0.6) is 0 Å². The van der Waals surface area contributed by atoms with Gasteiger partial charge in [-0.3, -0.25) is 9.97 Å². The average Bonchev–Trinajstić information content (AvgIpc) is 3.16. The van der Waals surface area contributed by atoms with Gasteiger partial charge < -0.3 is 10.3 Å². The van der Waals surface area contributed by atoms with Crippen LogP contribution in [0, 0.1) is 11.3 Å². The maximum Gasteiger partial charge on any atom is 0.103 e. The van der Waals surface area contributed by atoms with Crippen molar-refractivity contribution in [1.82, 2.24) is 15.0 Å². The predicted octanol–water partition coefficient (Wildman–Crippen LogP) is 4.74. The number of nitriles is 1. The van der Waals surface area contributed by atoms with Crippen molar-refractivity contribution >= 4 is 34.4 Å². The Morgan fingerprint density at radius 1 is 1.08 bits per heavy atom. The standard InChI is InChI=1S/C21H15N5/c22-12-17-14-23-13-16(4-5-18-3-1-2-9-24-18)21(17)26-19-6-7-20-15(11-19)8-10-25-20/h1-11,13-14,25H,(H,23,26)/b5-4+. The summed E-state index contributed by atoms with van der Waals surface area (Å²) in [7, 11) is 0. The number of rotatable bonds is 4. The van der Waals surface area contributed by atoms with E-state index in [-0.39, 0.29) is 0 Å². The highest BCUT2D eigenvalue weighted by molar-refractivity contribution is 5.86. The molecule has 3 heterocycles. The normalized spacial score (nSPS) is 10.9. The smallest absolute Gasteiger partial charge is 0.103 e. The van der Waals surface area contributed by atoms with E-state index in [4.69, 9.17) is 0 Å². The number of nitrogens with zero attached hydrogens (tertiary/aromatic N) is 3. The van der Waals surface area contributed by atoms with Gasteiger partial charge in [0.25, 0.3) is 0 Å². The molecule has 4 aromatic rings. The van der Waals surface area contributed by atoms with Crippen LogP contribution in [0.1, 0.15) is 16.8 Å². The second-order valence-electron chi connectivity index (χ2n) is 5.76. The van der Waals surface area contributed by atoms with Crippen molar-refractivity contribution in [3.8, 4) is 6.07 Å². The number of fused-ring (bicyclic) bond motifs is 1. The molecule has 0 saturated heterocycles. The van der Waals surface area contributed by atoms with Gasteiger partial charge in [0.1, 0.15) is 6.07 Å².